The molecule has 196 valence electrons. The summed E-state index contributed by atoms with van der Waals surface area (Å²) < 4.78 is 14.4. The van der Waals surface area contributed by atoms with Gasteiger partial charge in [-0.3, -0.25) is 9.59 Å². The molecule has 0 aromatic heterocycles. The van der Waals surface area contributed by atoms with Gasteiger partial charge in [-0.25, -0.2) is 4.39 Å². The number of nitrogens with one attached hydrogen (secondary N) is 1. The maximum absolute atomic E-state index is 14.4. The normalized spacial score (nSPS) is 20.3. The second-order valence-electron chi connectivity index (χ2n) is 10.0. The molecule has 2 unspecified atom stereocenters. The molecule has 5 rings (SSSR count). The number of rotatable bonds is 8. The summed E-state index contributed by atoms with van der Waals surface area (Å²) in [7, 11) is 0. The predicted octanol–water partition coefficient (Wildman–Crippen LogP) is 6.62. The quantitative estimate of drug-likeness (QED) is 0.264. The summed E-state index contributed by atoms with van der Waals surface area (Å²) in [5.74, 6) is -0.409. The van der Waals surface area contributed by atoms with Crippen molar-refractivity contribution in [3.63, 3.8) is 0 Å². The Hall–Kier alpha value is -3.38. The van der Waals surface area contributed by atoms with Crippen LogP contribution in [0.4, 0.5) is 4.39 Å². The maximum Gasteiger partial charge on any atom is 0.260 e. The van der Waals surface area contributed by atoms with Crippen LogP contribution < -0.4 is 5.32 Å². The standard InChI is InChI=1S/C32H33FN2O2S/c33-27-13-5-4-12-26(27)22-35-28-14-6-7-15-29(28)38-30(32(35)37)21-24-16-18-25(19-17-24)31(36)34-20-8-11-23-9-2-1-3-10-23/h1-5,9-10,12-13,16-19,21,28-29H,6-8,11,14-15,20,22H2,(H,34,36)/b30-21-. The van der Waals surface area contributed by atoms with E-state index in [2.05, 4.69) is 17.4 Å². The molecule has 0 bridgehead atoms. The number of hydrogen-bond donors (Lipinski definition) is 1. The molecule has 0 radical (unpaired) electrons. The first-order valence-electron chi connectivity index (χ1n) is 13.4. The van der Waals surface area contributed by atoms with Crippen LogP contribution in [-0.4, -0.2) is 34.6 Å². The maximum atomic E-state index is 14.4. The highest BCUT2D eigenvalue weighted by Crippen LogP contribution is 2.42. The van der Waals surface area contributed by atoms with Crippen LogP contribution in [0.1, 0.15) is 59.2 Å². The first kappa shape index (κ1) is 26.2. The van der Waals surface area contributed by atoms with Crippen LogP contribution in [-0.2, 0) is 17.8 Å². The lowest BCUT2D eigenvalue weighted by Crippen LogP contribution is -2.50. The molecule has 2 atom stereocenters. The van der Waals surface area contributed by atoms with Crippen molar-refractivity contribution < 1.29 is 14.0 Å². The third-order valence-electron chi connectivity index (χ3n) is 7.36. The Bertz CT molecular complexity index is 1290. The van der Waals surface area contributed by atoms with Crippen LogP contribution in [0.5, 0.6) is 0 Å². The number of thioether (sulfide) groups is 1. The number of amides is 2. The van der Waals surface area contributed by atoms with Gasteiger partial charge >= 0.3 is 0 Å². The molecule has 3 aromatic carbocycles. The molecule has 3 aromatic rings. The van der Waals surface area contributed by atoms with E-state index in [1.165, 1.54) is 11.6 Å². The van der Waals surface area contributed by atoms with Gasteiger partial charge in [0, 0.05) is 35.5 Å². The van der Waals surface area contributed by atoms with Crippen LogP contribution in [0.3, 0.4) is 0 Å². The summed E-state index contributed by atoms with van der Waals surface area (Å²) in [5.41, 5.74) is 3.29. The first-order chi connectivity index (χ1) is 18.6. The van der Waals surface area contributed by atoms with Gasteiger partial charge in [-0.05, 0) is 61.1 Å². The predicted molar refractivity (Wildman–Crippen MR) is 152 cm³/mol. The van der Waals surface area contributed by atoms with Gasteiger partial charge in [0.05, 0.1) is 4.91 Å². The molecular formula is C32H33FN2O2S. The van der Waals surface area contributed by atoms with Crippen molar-refractivity contribution in [3.8, 4) is 0 Å². The van der Waals surface area contributed by atoms with Crippen molar-refractivity contribution in [1.29, 1.82) is 0 Å². The summed E-state index contributed by atoms with van der Waals surface area (Å²) in [6.45, 7) is 0.902. The smallest absolute Gasteiger partial charge is 0.260 e. The van der Waals surface area contributed by atoms with Crippen molar-refractivity contribution >= 4 is 29.7 Å². The number of nitrogens with zero attached hydrogens (tertiary/aromatic N) is 1. The van der Waals surface area contributed by atoms with Crippen LogP contribution in [0.15, 0.2) is 83.8 Å². The lowest BCUT2D eigenvalue weighted by Gasteiger charge is -2.44. The van der Waals surface area contributed by atoms with E-state index in [1.807, 2.05) is 47.4 Å². The Balaban J connectivity index is 1.24. The number of benzene rings is 3. The fourth-order valence-corrected chi connectivity index (χ4v) is 6.77. The lowest BCUT2D eigenvalue weighted by atomic mass is 9.92. The summed E-state index contributed by atoms with van der Waals surface area (Å²) in [6, 6.07) is 24.5. The number of hydrogen-bond acceptors (Lipinski definition) is 3. The van der Waals surface area contributed by atoms with Crippen molar-refractivity contribution in [1.82, 2.24) is 10.2 Å². The van der Waals surface area contributed by atoms with Gasteiger partial charge in [0.1, 0.15) is 5.82 Å². The largest absolute Gasteiger partial charge is 0.352 e. The van der Waals surface area contributed by atoms with Gasteiger partial charge in [0.2, 0.25) is 0 Å². The number of halogens is 1. The Kier molecular flexibility index (Phi) is 8.59. The van der Waals surface area contributed by atoms with Gasteiger partial charge in [0.25, 0.3) is 11.8 Å². The average Bonchev–Trinajstić information content (AvgIpc) is 2.95. The highest BCUT2D eigenvalue weighted by atomic mass is 32.2. The monoisotopic (exact) mass is 528 g/mol. The van der Waals surface area contributed by atoms with E-state index in [1.54, 1.807) is 36.0 Å². The van der Waals surface area contributed by atoms with Crippen molar-refractivity contribution in [2.24, 2.45) is 0 Å². The van der Waals surface area contributed by atoms with E-state index in [-0.39, 0.29) is 30.2 Å². The minimum Gasteiger partial charge on any atom is -0.352 e. The molecule has 38 heavy (non-hydrogen) atoms. The van der Waals surface area contributed by atoms with E-state index < -0.39 is 0 Å². The topological polar surface area (TPSA) is 49.4 Å². The average molecular weight is 529 g/mol. The molecule has 2 aliphatic rings. The second kappa shape index (κ2) is 12.4. The molecule has 2 amide bonds. The molecule has 1 N–H and O–H groups in total. The van der Waals surface area contributed by atoms with E-state index in [0.717, 1.165) is 44.1 Å². The van der Waals surface area contributed by atoms with Gasteiger partial charge < -0.3 is 10.2 Å². The molecule has 2 fully saturated rings. The summed E-state index contributed by atoms with van der Waals surface area (Å²) in [4.78, 5) is 28.7. The Labute approximate surface area is 228 Å². The second-order valence-corrected chi connectivity index (χ2v) is 11.3. The van der Waals surface area contributed by atoms with Crippen LogP contribution in [0.25, 0.3) is 6.08 Å². The molecule has 1 aliphatic carbocycles. The van der Waals surface area contributed by atoms with Gasteiger partial charge in [0.15, 0.2) is 0 Å². The zero-order chi connectivity index (χ0) is 26.3. The van der Waals surface area contributed by atoms with Crippen molar-refractivity contribution in [2.45, 2.75) is 56.4 Å². The number of carbonyl (C=O) groups excluding carboxylic acids is 2. The SMILES string of the molecule is O=C(NCCCc1ccccc1)c1ccc(/C=C2\SC3CCCCC3N(Cc3ccccc3F)C2=O)cc1. The third kappa shape index (κ3) is 6.36. The molecule has 4 nitrogen and oxygen atoms in total. The van der Waals surface area contributed by atoms with Crippen molar-refractivity contribution in [2.75, 3.05) is 6.54 Å². The third-order valence-corrected chi connectivity index (χ3v) is 8.76. The molecule has 1 saturated carbocycles. The zero-order valence-corrected chi connectivity index (χ0v) is 22.3. The summed E-state index contributed by atoms with van der Waals surface area (Å²) in [5, 5.41) is 3.31. The lowest BCUT2D eigenvalue weighted by molar-refractivity contribution is -0.130. The van der Waals surface area contributed by atoms with E-state index in [9.17, 15) is 14.0 Å². The highest BCUT2D eigenvalue weighted by Gasteiger charge is 2.40. The Morgan fingerprint density at radius 2 is 1.71 bits per heavy atom. The molecule has 1 saturated heterocycles. The molecule has 1 heterocycles. The minimum absolute atomic E-state index is 0.0401. The highest BCUT2D eigenvalue weighted by molar-refractivity contribution is 8.04. The van der Waals surface area contributed by atoms with Gasteiger partial charge in [-0.2, -0.15) is 0 Å². The minimum atomic E-state index is -0.273. The van der Waals surface area contributed by atoms with Crippen LogP contribution in [0, 0.1) is 5.82 Å². The van der Waals surface area contributed by atoms with E-state index >= 15 is 0 Å². The van der Waals surface area contributed by atoms with E-state index in [4.69, 9.17) is 0 Å². The molecular weight excluding hydrogens is 495 g/mol. The van der Waals surface area contributed by atoms with Crippen LogP contribution in [0.2, 0.25) is 0 Å². The molecule has 1 aliphatic heterocycles. The Morgan fingerprint density at radius 3 is 2.50 bits per heavy atom. The first-order valence-corrected chi connectivity index (χ1v) is 14.3. The van der Waals surface area contributed by atoms with Crippen LogP contribution >= 0.6 is 11.8 Å². The number of fused-ring (bicyclic) bond motifs is 1. The number of carbonyl (C=O) groups is 2. The summed E-state index contributed by atoms with van der Waals surface area (Å²) in [6.07, 6.45) is 7.97. The molecule has 0 spiro atoms. The Morgan fingerprint density at radius 1 is 0.974 bits per heavy atom. The van der Waals surface area contributed by atoms with Gasteiger partial charge in [-0.15, -0.1) is 11.8 Å². The number of aryl methyl sites for hydroxylation is 1. The fourth-order valence-electron chi connectivity index (χ4n) is 5.30. The fraction of sp³-hybridized carbons (Fsp3) is 0.312. The zero-order valence-electron chi connectivity index (χ0n) is 21.4. The van der Waals surface area contributed by atoms with Crippen molar-refractivity contribution in [3.05, 3.63) is 112 Å². The van der Waals surface area contributed by atoms with E-state index in [0.29, 0.717) is 27.8 Å². The molecule has 6 heteroatoms. The summed E-state index contributed by atoms with van der Waals surface area (Å²) >= 11 is 1.66. The van der Waals surface area contributed by atoms with Gasteiger partial charge in [-0.1, -0.05) is 73.5 Å².